The molecule has 0 spiro atoms. The minimum atomic E-state index is -0.828. The fourth-order valence-corrected chi connectivity index (χ4v) is 2.72. The fourth-order valence-electron chi connectivity index (χ4n) is 1.18. The first-order valence-corrected chi connectivity index (χ1v) is 6.66. The zero-order chi connectivity index (χ0) is 14.4. The number of hydrazone groups is 1. The Morgan fingerprint density at radius 2 is 1.84 bits per heavy atom. The van der Waals surface area contributed by atoms with Crippen LogP contribution < -0.4 is 15.5 Å². The molecule has 0 aliphatic heterocycles. The number of nitrogens with one attached hydrogen (secondary N) is 2. The average molecular weight is 393 g/mol. The van der Waals surface area contributed by atoms with Gasteiger partial charge in [-0.25, -0.2) is 5.43 Å². The number of hydrogen-bond acceptors (Lipinski definition) is 4. The van der Waals surface area contributed by atoms with E-state index in [-0.39, 0.29) is 0 Å². The van der Waals surface area contributed by atoms with Gasteiger partial charge in [0.25, 0.3) is 0 Å². The molecule has 0 aliphatic rings. The lowest BCUT2D eigenvalue weighted by atomic mass is 10.2. The van der Waals surface area contributed by atoms with Crippen molar-refractivity contribution in [2.45, 2.75) is 0 Å². The van der Waals surface area contributed by atoms with Gasteiger partial charge in [0.1, 0.15) is 5.75 Å². The number of halogens is 2. The summed E-state index contributed by atoms with van der Waals surface area (Å²) in [6.07, 6.45) is 1.41. The Kier molecular flexibility index (Phi) is 5.97. The molecule has 0 saturated carbocycles. The molecule has 0 saturated heterocycles. The van der Waals surface area contributed by atoms with E-state index in [1.807, 2.05) is 0 Å². The summed E-state index contributed by atoms with van der Waals surface area (Å²) in [4.78, 5) is 22.0. The van der Waals surface area contributed by atoms with Gasteiger partial charge in [-0.2, -0.15) is 5.10 Å². The van der Waals surface area contributed by atoms with Crippen LogP contribution in [0.25, 0.3) is 0 Å². The minimum absolute atomic E-state index is 0.659. The summed E-state index contributed by atoms with van der Waals surface area (Å²) in [7, 11) is 2.92. The van der Waals surface area contributed by atoms with Crippen molar-refractivity contribution in [2.75, 3.05) is 14.2 Å². The van der Waals surface area contributed by atoms with Gasteiger partial charge in [-0.15, -0.1) is 0 Å². The highest BCUT2D eigenvalue weighted by molar-refractivity contribution is 9.11. The Bertz CT molecular complexity index is 509. The second-order valence-electron chi connectivity index (χ2n) is 3.30. The first kappa shape index (κ1) is 15.6. The van der Waals surface area contributed by atoms with Gasteiger partial charge in [-0.1, -0.05) is 0 Å². The summed E-state index contributed by atoms with van der Waals surface area (Å²) < 4.78 is 6.64. The predicted octanol–water partition coefficient (Wildman–Crippen LogP) is 1.42. The Balaban J connectivity index is 2.78. The first-order valence-electron chi connectivity index (χ1n) is 5.07. The Morgan fingerprint density at radius 1 is 1.26 bits per heavy atom. The zero-order valence-electron chi connectivity index (χ0n) is 10.2. The van der Waals surface area contributed by atoms with Crippen LogP contribution in [-0.4, -0.2) is 32.2 Å². The fraction of sp³-hybridized carbons (Fsp3) is 0.182. The van der Waals surface area contributed by atoms with Gasteiger partial charge in [-0.3, -0.25) is 9.59 Å². The quantitative estimate of drug-likeness (QED) is 0.463. The van der Waals surface area contributed by atoms with E-state index < -0.39 is 11.8 Å². The van der Waals surface area contributed by atoms with Crippen LogP contribution in [0.5, 0.6) is 5.75 Å². The third-order valence-electron chi connectivity index (χ3n) is 2.04. The van der Waals surface area contributed by atoms with Crippen molar-refractivity contribution >= 4 is 49.9 Å². The molecular weight excluding hydrogens is 382 g/mol. The van der Waals surface area contributed by atoms with E-state index in [4.69, 9.17) is 4.74 Å². The number of hydrogen-bond donors (Lipinski definition) is 2. The van der Waals surface area contributed by atoms with Crippen LogP contribution in [0.4, 0.5) is 0 Å². The molecule has 0 atom stereocenters. The van der Waals surface area contributed by atoms with Crippen molar-refractivity contribution in [1.29, 1.82) is 0 Å². The summed E-state index contributed by atoms with van der Waals surface area (Å²) >= 11 is 6.69. The molecule has 1 rings (SSSR count). The molecule has 0 bridgehead atoms. The number of benzene rings is 1. The highest BCUT2D eigenvalue weighted by atomic mass is 79.9. The van der Waals surface area contributed by atoms with Gasteiger partial charge in [0.2, 0.25) is 0 Å². The summed E-state index contributed by atoms with van der Waals surface area (Å²) in [6.45, 7) is 0. The standard InChI is InChI=1S/C11H11Br2N3O3/c1-14-10(17)11(18)16-15-5-6-3-7(12)9(19-2)8(13)4-6/h3-5H,1-2H3,(H,14,17)(H,16,18)/b15-5-. The normalized spacial score (nSPS) is 10.3. The number of rotatable bonds is 3. The van der Waals surface area contributed by atoms with Gasteiger partial charge in [0.15, 0.2) is 0 Å². The second-order valence-corrected chi connectivity index (χ2v) is 5.00. The third-order valence-corrected chi connectivity index (χ3v) is 3.22. The molecule has 0 unspecified atom stereocenters. The number of likely N-dealkylation sites (N-methyl/N-ethyl adjacent to an activating group) is 1. The van der Waals surface area contributed by atoms with Crippen molar-refractivity contribution in [3.8, 4) is 5.75 Å². The number of amides is 2. The molecule has 19 heavy (non-hydrogen) atoms. The lowest BCUT2D eigenvalue weighted by Crippen LogP contribution is -2.35. The van der Waals surface area contributed by atoms with Gasteiger partial charge >= 0.3 is 11.8 Å². The predicted molar refractivity (Wildman–Crippen MR) is 78.2 cm³/mol. The van der Waals surface area contributed by atoms with Crippen LogP contribution in [0.3, 0.4) is 0 Å². The molecule has 2 amide bonds. The minimum Gasteiger partial charge on any atom is -0.494 e. The van der Waals surface area contributed by atoms with E-state index in [1.165, 1.54) is 13.3 Å². The van der Waals surface area contributed by atoms with Crippen LogP contribution in [0.15, 0.2) is 26.2 Å². The maximum absolute atomic E-state index is 11.1. The number of methoxy groups -OCH3 is 1. The molecule has 6 nitrogen and oxygen atoms in total. The molecule has 1 aromatic rings. The number of nitrogens with zero attached hydrogens (tertiary/aromatic N) is 1. The van der Waals surface area contributed by atoms with Crippen molar-refractivity contribution in [3.63, 3.8) is 0 Å². The molecule has 0 heterocycles. The van der Waals surface area contributed by atoms with E-state index in [9.17, 15) is 9.59 Å². The number of ether oxygens (including phenoxy) is 1. The van der Waals surface area contributed by atoms with Gasteiger partial charge in [0.05, 0.1) is 22.3 Å². The van der Waals surface area contributed by atoms with Crippen LogP contribution >= 0.6 is 31.9 Å². The topological polar surface area (TPSA) is 79.8 Å². The zero-order valence-corrected chi connectivity index (χ0v) is 13.3. The highest BCUT2D eigenvalue weighted by Gasteiger charge is 2.09. The van der Waals surface area contributed by atoms with Gasteiger partial charge < -0.3 is 10.1 Å². The maximum atomic E-state index is 11.1. The van der Waals surface area contributed by atoms with Crippen LogP contribution in [0.1, 0.15) is 5.56 Å². The van der Waals surface area contributed by atoms with Gasteiger partial charge in [0, 0.05) is 7.05 Å². The van der Waals surface area contributed by atoms with Crippen LogP contribution in [0, 0.1) is 0 Å². The maximum Gasteiger partial charge on any atom is 0.329 e. The Morgan fingerprint density at radius 3 is 2.32 bits per heavy atom. The second kappa shape index (κ2) is 7.25. The number of carbonyl (C=O) groups is 2. The summed E-state index contributed by atoms with van der Waals surface area (Å²) in [5, 5.41) is 5.87. The third kappa shape index (κ3) is 4.32. The highest BCUT2D eigenvalue weighted by Crippen LogP contribution is 2.33. The van der Waals surface area contributed by atoms with Crippen LogP contribution in [0.2, 0.25) is 0 Å². The largest absolute Gasteiger partial charge is 0.494 e. The summed E-state index contributed by atoms with van der Waals surface area (Å²) in [5.74, 6) is -0.925. The molecular formula is C11H11Br2N3O3. The van der Waals surface area contributed by atoms with Crippen molar-refractivity contribution < 1.29 is 14.3 Å². The van der Waals surface area contributed by atoms with Crippen molar-refractivity contribution in [3.05, 3.63) is 26.6 Å². The molecule has 0 aromatic heterocycles. The number of carbonyl (C=O) groups excluding carboxylic acids is 2. The van der Waals surface area contributed by atoms with Gasteiger partial charge in [-0.05, 0) is 49.6 Å². The van der Waals surface area contributed by atoms with E-state index in [1.54, 1.807) is 19.2 Å². The molecule has 0 radical (unpaired) electrons. The molecule has 102 valence electrons. The van der Waals surface area contributed by atoms with E-state index in [2.05, 4.69) is 47.7 Å². The van der Waals surface area contributed by atoms with Crippen molar-refractivity contribution in [2.24, 2.45) is 5.10 Å². The van der Waals surface area contributed by atoms with E-state index in [0.29, 0.717) is 5.75 Å². The van der Waals surface area contributed by atoms with E-state index in [0.717, 1.165) is 14.5 Å². The lowest BCUT2D eigenvalue weighted by molar-refractivity contribution is -0.138. The Hall–Kier alpha value is -1.41. The summed E-state index contributed by atoms with van der Waals surface area (Å²) in [5.41, 5.74) is 2.83. The molecule has 0 fully saturated rings. The monoisotopic (exact) mass is 391 g/mol. The molecule has 1 aromatic carbocycles. The lowest BCUT2D eigenvalue weighted by Gasteiger charge is -2.06. The van der Waals surface area contributed by atoms with Crippen molar-refractivity contribution in [1.82, 2.24) is 10.7 Å². The molecule has 0 aliphatic carbocycles. The smallest absolute Gasteiger partial charge is 0.329 e. The van der Waals surface area contributed by atoms with Crippen LogP contribution in [-0.2, 0) is 9.59 Å². The molecule has 2 N–H and O–H groups in total. The average Bonchev–Trinajstić information content (AvgIpc) is 2.37. The summed E-state index contributed by atoms with van der Waals surface area (Å²) in [6, 6.07) is 3.53. The first-order chi connectivity index (χ1) is 8.99. The SMILES string of the molecule is CNC(=O)C(=O)N/N=C\c1cc(Br)c(OC)c(Br)c1. The Labute approximate surface area is 126 Å². The molecule has 8 heteroatoms. The van der Waals surface area contributed by atoms with E-state index >= 15 is 0 Å².